The van der Waals surface area contributed by atoms with Crippen molar-refractivity contribution in [2.75, 3.05) is 4.90 Å². The van der Waals surface area contributed by atoms with Crippen LogP contribution >= 0.6 is 0 Å². The highest BCUT2D eigenvalue weighted by molar-refractivity contribution is 6.08. The smallest absolute Gasteiger partial charge is 0.227 e. The van der Waals surface area contributed by atoms with Crippen molar-refractivity contribution >= 4 is 39.4 Å². The summed E-state index contributed by atoms with van der Waals surface area (Å²) in [6, 6.07) is 36.7. The highest BCUT2D eigenvalue weighted by Gasteiger charge is 2.21. The molecule has 0 bridgehead atoms. The summed E-state index contributed by atoms with van der Waals surface area (Å²) in [4.78, 5) is 16.6. The van der Waals surface area contributed by atoms with Crippen molar-refractivity contribution in [3.05, 3.63) is 132 Å². The second-order valence-electron chi connectivity index (χ2n) is 10.0. The molecule has 4 heterocycles. The van der Waals surface area contributed by atoms with E-state index in [1.165, 1.54) is 0 Å². The number of benzene rings is 3. The number of hydrogen-bond donors (Lipinski definition) is 0. The van der Waals surface area contributed by atoms with Gasteiger partial charge in [0.15, 0.2) is 0 Å². The third kappa shape index (κ3) is 4.42. The summed E-state index contributed by atoms with van der Waals surface area (Å²) in [7, 11) is 0. The van der Waals surface area contributed by atoms with Crippen LogP contribution in [0.2, 0.25) is 0 Å². The van der Waals surface area contributed by atoms with Gasteiger partial charge in [-0.1, -0.05) is 72.8 Å². The highest BCUT2D eigenvalue weighted by Crippen LogP contribution is 2.40. The summed E-state index contributed by atoms with van der Waals surface area (Å²) in [6.45, 7) is 1.49. The second kappa shape index (κ2) is 10.0. The first-order chi connectivity index (χ1) is 21.3. The van der Waals surface area contributed by atoms with E-state index in [0.29, 0.717) is 34.3 Å². The normalized spacial score (nSPS) is 12.7. The van der Waals surface area contributed by atoms with E-state index in [0.717, 1.165) is 38.9 Å². The van der Waals surface area contributed by atoms with Gasteiger partial charge in [0.05, 0.1) is 17.1 Å². The zero-order valence-corrected chi connectivity index (χ0v) is 22.7. The molecule has 4 aromatic heterocycles. The lowest BCUT2D eigenvalue weighted by molar-refractivity contribution is 0.653. The molecule has 0 atom stereocenters. The number of pyridine rings is 3. The van der Waals surface area contributed by atoms with E-state index in [2.05, 4.69) is 4.98 Å². The van der Waals surface area contributed by atoms with E-state index in [-0.39, 0.29) is 5.56 Å². The van der Waals surface area contributed by atoms with E-state index in [9.17, 15) is 0 Å². The molecule has 41 heavy (non-hydrogen) atoms. The molecular formula is C36H28N4O. The van der Waals surface area contributed by atoms with E-state index >= 15 is 0 Å². The summed E-state index contributed by atoms with van der Waals surface area (Å²) < 4.78 is 31.4. The van der Waals surface area contributed by atoms with Gasteiger partial charge in [-0.05, 0) is 74.3 Å². The molecule has 7 aromatic rings. The third-order valence-corrected chi connectivity index (χ3v) is 7.24. The minimum Gasteiger partial charge on any atom is -0.437 e. The van der Waals surface area contributed by atoms with Gasteiger partial charge in [-0.2, -0.15) is 0 Å². The number of nitrogens with zero attached hydrogens (tertiary/aromatic N) is 4. The molecule has 3 aromatic carbocycles. The molecule has 0 aliphatic heterocycles. The topological polar surface area (TPSA) is 55.1 Å². The van der Waals surface area contributed by atoms with Gasteiger partial charge < -0.3 is 4.42 Å². The average molecular weight is 536 g/mol. The van der Waals surface area contributed by atoms with E-state index < -0.39 is 6.85 Å². The first-order valence-electron chi connectivity index (χ1n) is 15.0. The summed E-state index contributed by atoms with van der Waals surface area (Å²) in [6.07, 6.45) is 0. The number of anilines is 3. The molecule has 0 N–H and O–H groups in total. The van der Waals surface area contributed by atoms with Gasteiger partial charge in [-0.25, -0.2) is 15.0 Å². The van der Waals surface area contributed by atoms with E-state index in [1.807, 2.05) is 122 Å². The molecule has 7 rings (SSSR count). The number of aromatic nitrogens is 3. The monoisotopic (exact) mass is 535 g/mol. The standard InChI is InChI=1S/C36H28N4O/c1-23-11-7-12-24(2)34(23)40(32-19-9-17-30(38-32)26-13-5-4-6-14-26)33-20-10-18-31(39-33)29-16-8-15-27-28-22-21-25(3)37-36(28)41-35(27)29/h4-22H,1-3H3/i1D3. The van der Waals surface area contributed by atoms with Gasteiger partial charge in [0.1, 0.15) is 17.2 Å². The molecule has 5 nitrogen and oxygen atoms in total. The lowest BCUT2D eigenvalue weighted by Crippen LogP contribution is -2.16. The fourth-order valence-corrected chi connectivity index (χ4v) is 5.29. The van der Waals surface area contributed by atoms with Crippen LogP contribution in [0.1, 0.15) is 20.9 Å². The number of aryl methyl sites for hydroxylation is 3. The Balaban J connectivity index is 1.45. The molecule has 0 saturated heterocycles. The summed E-state index contributed by atoms with van der Waals surface area (Å²) in [5.74, 6) is 1.08. The highest BCUT2D eigenvalue weighted by atomic mass is 16.3. The van der Waals surface area contributed by atoms with Crippen LogP contribution in [0.5, 0.6) is 0 Å². The Bertz CT molecular complexity index is 2160. The number of fused-ring (bicyclic) bond motifs is 3. The minimum absolute atomic E-state index is 0.220. The fourth-order valence-electron chi connectivity index (χ4n) is 5.29. The van der Waals surface area contributed by atoms with Crippen molar-refractivity contribution in [2.45, 2.75) is 20.7 Å². The molecule has 0 amide bonds. The van der Waals surface area contributed by atoms with Crippen LogP contribution in [0.15, 0.2) is 120 Å². The predicted octanol–water partition coefficient (Wildman–Crippen LogP) is 9.50. The van der Waals surface area contributed by atoms with Crippen molar-refractivity contribution < 1.29 is 8.53 Å². The van der Waals surface area contributed by atoms with Gasteiger partial charge in [-0.15, -0.1) is 0 Å². The number of hydrogen-bond acceptors (Lipinski definition) is 5. The fraction of sp³-hybridized carbons (Fsp3) is 0.0833. The van der Waals surface area contributed by atoms with Crippen LogP contribution in [-0.4, -0.2) is 15.0 Å². The SMILES string of the molecule is [2H]C([2H])([2H])c1cccc(C)c1N(c1cccc(-c2ccccc2)n1)c1cccc(-c2cccc3c2oc2nc(C)ccc23)n1. The number of para-hydroxylation sites is 2. The Hall–Kier alpha value is -5.29. The first-order valence-corrected chi connectivity index (χ1v) is 13.5. The van der Waals surface area contributed by atoms with Crippen molar-refractivity contribution in [2.24, 2.45) is 0 Å². The van der Waals surface area contributed by atoms with Crippen molar-refractivity contribution in [3.8, 4) is 22.5 Å². The van der Waals surface area contributed by atoms with Gasteiger partial charge in [-0.3, -0.25) is 4.90 Å². The molecular weight excluding hydrogens is 504 g/mol. The number of rotatable bonds is 5. The molecule has 0 spiro atoms. The van der Waals surface area contributed by atoms with Crippen LogP contribution in [0.25, 0.3) is 44.6 Å². The minimum atomic E-state index is -2.36. The van der Waals surface area contributed by atoms with Crippen LogP contribution < -0.4 is 4.90 Å². The van der Waals surface area contributed by atoms with Gasteiger partial charge >= 0.3 is 0 Å². The first kappa shape index (κ1) is 21.5. The Labute approximate surface area is 243 Å². The average Bonchev–Trinajstić information content (AvgIpc) is 3.40. The molecule has 0 unspecified atom stereocenters. The predicted molar refractivity (Wildman–Crippen MR) is 167 cm³/mol. The molecule has 0 aliphatic rings. The Morgan fingerprint density at radius 1 is 0.610 bits per heavy atom. The molecule has 0 radical (unpaired) electrons. The lowest BCUT2D eigenvalue weighted by atomic mass is 10.1. The summed E-state index contributed by atoms with van der Waals surface area (Å²) in [5.41, 5.74) is 6.90. The molecule has 5 heteroatoms. The quantitative estimate of drug-likeness (QED) is 0.220. The zero-order valence-electron chi connectivity index (χ0n) is 25.7. The lowest BCUT2D eigenvalue weighted by Gasteiger charge is -2.27. The van der Waals surface area contributed by atoms with Gasteiger partial charge in [0.25, 0.3) is 0 Å². The molecule has 0 fully saturated rings. The Morgan fingerprint density at radius 2 is 1.32 bits per heavy atom. The van der Waals surface area contributed by atoms with Crippen LogP contribution in [0, 0.1) is 20.7 Å². The Morgan fingerprint density at radius 3 is 2.12 bits per heavy atom. The molecule has 0 aliphatic carbocycles. The largest absolute Gasteiger partial charge is 0.437 e. The second-order valence-corrected chi connectivity index (χ2v) is 10.0. The Kier molecular flexibility index (Phi) is 5.27. The van der Waals surface area contributed by atoms with Crippen LogP contribution in [0.3, 0.4) is 0 Å². The van der Waals surface area contributed by atoms with Crippen molar-refractivity contribution in [3.63, 3.8) is 0 Å². The van der Waals surface area contributed by atoms with Crippen molar-refractivity contribution in [1.82, 2.24) is 15.0 Å². The van der Waals surface area contributed by atoms with E-state index in [1.54, 1.807) is 12.1 Å². The molecule has 198 valence electrons. The maximum Gasteiger partial charge on any atom is 0.227 e. The zero-order chi connectivity index (χ0) is 30.4. The van der Waals surface area contributed by atoms with Gasteiger partial charge in [0, 0.05) is 31.7 Å². The number of furan rings is 1. The van der Waals surface area contributed by atoms with E-state index in [4.69, 9.17) is 18.5 Å². The van der Waals surface area contributed by atoms with Crippen molar-refractivity contribution in [1.29, 1.82) is 0 Å². The molecule has 0 saturated carbocycles. The maximum atomic E-state index is 8.39. The van der Waals surface area contributed by atoms with Gasteiger partial charge in [0.2, 0.25) is 5.71 Å². The maximum absolute atomic E-state index is 8.39. The third-order valence-electron chi connectivity index (χ3n) is 7.24. The van der Waals surface area contributed by atoms with Crippen LogP contribution in [0.4, 0.5) is 17.3 Å². The summed E-state index contributed by atoms with van der Waals surface area (Å²) in [5, 5.41) is 1.89. The van der Waals surface area contributed by atoms with Crippen LogP contribution in [-0.2, 0) is 0 Å². The summed E-state index contributed by atoms with van der Waals surface area (Å²) >= 11 is 0.